The molecule has 4 heteroatoms. The van der Waals surface area contributed by atoms with Crippen molar-refractivity contribution in [3.8, 4) is 0 Å². The third kappa shape index (κ3) is 1.50. The second-order valence-electron chi connectivity index (χ2n) is 5.87. The van der Waals surface area contributed by atoms with Crippen molar-refractivity contribution in [3.63, 3.8) is 0 Å². The van der Waals surface area contributed by atoms with E-state index in [1.54, 1.807) is 0 Å². The smallest absolute Gasteiger partial charge is 0.204 e. The van der Waals surface area contributed by atoms with Gasteiger partial charge in [-0.3, -0.25) is 9.59 Å². The zero-order valence-electron chi connectivity index (χ0n) is 12.8. The summed E-state index contributed by atoms with van der Waals surface area (Å²) in [7, 11) is 0. The second-order valence-corrected chi connectivity index (χ2v) is 6.89. The van der Waals surface area contributed by atoms with Gasteiger partial charge >= 0.3 is 0 Å². The molecule has 0 fully saturated rings. The number of carbonyl (C=O) groups excluding carboxylic acids is 2. The summed E-state index contributed by atoms with van der Waals surface area (Å²) in [6, 6.07) is 3.67. The SMILES string of the molecule is Cc1cc2c(cc1C)C(=O)c1c(sc3c(C)oc(C)c13)C2=O. The van der Waals surface area contributed by atoms with E-state index >= 15 is 0 Å². The minimum Gasteiger partial charge on any atom is -0.464 e. The third-order valence-electron chi connectivity index (χ3n) is 4.44. The molecule has 0 bridgehead atoms. The van der Waals surface area contributed by atoms with E-state index < -0.39 is 0 Å². The summed E-state index contributed by atoms with van der Waals surface area (Å²) in [5, 5.41) is 0.805. The van der Waals surface area contributed by atoms with Crippen LogP contribution in [0.2, 0.25) is 0 Å². The molecule has 0 saturated heterocycles. The highest BCUT2D eigenvalue weighted by atomic mass is 32.1. The lowest BCUT2D eigenvalue weighted by Crippen LogP contribution is -2.19. The van der Waals surface area contributed by atoms with Gasteiger partial charge in [0.1, 0.15) is 11.5 Å². The predicted molar refractivity (Wildman–Crippen MR) is 86.3 cm³/mol. The van der Waals surface area contributed by atoms with Gasteiger partial charge in [0, 0.05) is 16.5 Å². The average molecular weight is 310 g/mol. The number of furan rings is 1. The van der Waals surface area contributed by atoms with Crippen LogP contribution in [0.3, 0.4) is 0 Å². The van der Waals surface area contributed by atoms with E-state index in [1.807, 2.05) is 39.8 Å². The molecule has 0 unspecified atom stereocenters. The van der Waals surface area contributed by atoms with Gasteiger partial charge in [0.15, 0.2) is 5.78 Å². The highest BCUT2D eigenvalue weighted by Crippen LogP contribution is 2.42. The highest BCUT2D eigenvalue weighted by molar-refractivity contribution is 7.21. The quantitative estimate of drug-likeness (QED) is 0.480. The number of hydrogen-bond donors (Lipinski definition) is 0. The van der Waals surface area contributed by atoms with Gasteiger partial charge < -0.3 is 4.42 Å². The Morgan fingerprint density at radius 3 is 2.09 bits per heavy atom. The van der Waals surface area contributed by atoms with E-state index in [1.165, 1.54) is 11.3 Å². The van der Waals surface area contributed by atoms with Crippen LogP contribution in [0, 0.1) is 27.7 Å². The zero-order valence-corrected chi connectivity index (χ0v) is 13.6. The highest BCUT2D eigenvalue weighted by Gasteiger charge is 2.35. The number of aryl methyl sites for hydroxylation is 4. The van der Waals surface area contributed by atoms with E-state index in [9.17, 15) is 9.59 Å². The van der Waals surface area contributed by atoms with Crippen molar-refractivity contribution < 1.29 is 14.0 Å². The maximum absolute atomic E-state index is 13.0. The van der Waals surface area contributed by atoms with Crippen molar-refractivity contribution in [2.75, 3.05) is 0 Å². The first-order valence-corrected chi connectivity index (χ1v) is 7.95. The summed E-state index contributed by atoms with van der Waals surface area (Å²) >= 11 is 1.37. The van der Waals surface area contributed by atoms with E-state index in [0.29, 0.717) is 27.3 Å². The maximum Gasteiger partial charge on any atom is 0.204 e. The third-order valence-corrected chi connectivity index (χ3v) is 5.73. The van der Waals surface area contributed by atoms with Gasteiger partial charge in [0.05, 0.1) is 15.1 Å². The standard InChI is InChI=1S/C18H14O3S/c1-7-5-11-12(6-8(7)2)16(20)18-14(15(11)19)13-9(3)21-10(4)17(13)22-18/h5-6H,1-4H3. The predicted octanol–water partition coefficient (Wildman–Crippen LogP) is 4.50. The van der Waals surface area contributed by atoms with Crippen LogP contribution >= 0.6 is 11.3 Å². The van der Waals surface area contributed by atoms with Crippen molar-refractivity contribution in [2.45, 2.75) is 27.7 Å². The van der Waals surface area contributed by atoms with Crippen molar-refractivity contribution in [1.29, 1.82) is 0 Å². The first-order chi connectivity index (χ1) is 10.4. The molecular weight excluding hydrogens is 296 g/mol. The molecule has 2 heterocycles. The van der Waals surface area contributed by atoms with Crippen LogP contribution in [0.15, 0.2) is 16.5 Å². The van der Waals surface area contributed by atoms with Crippen molar-refractivity contribution >= 4 is 33.0 Å². The number of hydrogen-bond acceptors (Lipinski definition) is 4. The summed E-state index contributed by atoms with van der Waals surface area (Å²) in [4.78, 5) is 26.4. The Bertz CT molecular complexity index is 1000. The molecule has 1 aliphatic rings. The first-order valence-electron chi connectivity index (χ1n) is 7.13. The van der Waals surface area contributed by atoms with Crippen LogP contribution in [-0.4, -0.2) is 11.6 Å². The molecule has 0 spiro atoms. The first kappa shape index (κ1) is 13.5. The Balaban J connectivity index is 2.11. The molecule has 0 aliphatic heterocycles. The molecule has 110 valence electrons. The van der Waals surface area contributed by atoms with Crippen LogP contribution in [0.4, 0.5) is 0 Å². The number of carbonyl (C=O) groups is 2. The summed E-state index contributed by atoms with van der Waals surface area (Å²) in [6.07, 6.45) is 0. The van der Waals surface area contributed by atoms with Gasteiger partial charge in [-0.25, -0.2) is 0 Å². The van der Waals surface area contributed by atoms with Crippen molar-refractivity contribution in [2.24, 2.45) is 0 Å². The van der Waals surface area contributed by atoms with E-state index in [2.05, 4.69) is 0 Å². The average Bonchev–Trinajstić information content (AvgIpc) is 2.98. The second kappa shape index (κ2) is 4.17. The number of thiophene rings is 1. The van der Waals surface area contributed by atoms with Crippen molar-refractivity contribution in [1.82, 2.24) is 0 Å². The topological polar surface area (TPSA) is 47.3 Å². The number of rotatable bonds is 0. The summed E-state index contributed by atoms with van der Waals surface area (Å²) in [5.74, 6) is 1.36. The summed E-state index contributed by atoms with van der Waals surface area (Å²) in [6.45, 7) is 7.63. The molecule has 1 aromatic carbocycles. The molecule has 22 heavy (non-hydrogen) atoms. The molecule has 0 N–H and O–H groups in total. The van der Waals surface area contributed by atoms with Crippen LogP contribution < -0.4 is 0 Å². The molecular formula is C18H14O3S. The van der Waals surface area contributed by atoms with E-state index in [0.717, 1.165) is 27.0 Å². The summed E-state index contributed by atoms with van der Waals surface area (Å²) in [5.41, 5.74) is 3.61. The van der Waals surface area contributed by atoms with Crippen LogP contribution in [0.1, 0.15) is 53.8 Å². The van der Waals surface area contributed by atoms with Gasteiger partial charge in [-0.15, -0.1) is 11.3 Å². The number of benzene rings is 1. The molecule has 0 amide bonds. The maximum atomic E-state index is 13.0. The van der Waals surface area contributed by atoms with Crippen molar-refractivity contribution in [3.05, 3.63) is 56.3 Å². The fourth-order valence-corrected chi connectivity index (χ4v) is 4.40. The van der Waals surface area contributed by atoms with Crippen LogP contribution in [-0.2, 0) is 0 Å². The Morgan fingerprint density at radius 2 is 1.45 bits per heavy atom. The van der Waals surface area contributed by atoms with Gasteiger partial charge in [0.2, 0.25) is 5.78 Å². The van der Waals surface area contributed by atoms with Crippen LogP contribution in [0.25, 0.3) is 10.1 Å². The molecule has 3 aromatic rings. The van der Waals surface area contributed by atoms with E-state index in [-0.39, 0.29) is 11.6 Å². The molecule has 0 saturated carbocycles. The minimum atomic E-state index is -0.0668. The van der Waals surface area contributed by atoms with Crippen LogP contribution in [0.5, 0.6) is 0 Å². The Labute approximate surface area is 131 Å². The fraction of sp³-hybridized carbons (Fsp3) is 0.222. The summed E-state index contributed by atoms with van der Waals surface area (Å²) < 4.78 is 6.54. The Morgan fingerprint density at radius 1 is 0.864 bits per heavy atom. The minimum absolute atomic E-state index is 0.0484. The molecule has 4 rings (SSSR count). The van der Waals surface area contributed by atoms with E-state index in [4.69, 9.17) is 4.42 Å². The molecule has 1 aliphatic carbocycles. The zero-order chi connectivity index (χ0) is 15.8. The molecule has 0 radical (unpaired) electrons. The lowest BCUT2D eigenvalue weighted by Gasteiger charge is -2.16. The monoisotopic (exact) mass is 310 g/mol. The lowest BCUT2D eigenvalue weighted by atomic mass is 9.85. The van der Waals surface area contributed by atoms with Gasteiger partial charge in [-0.2, -0.15) is 0 Å². The van der Waals surface area contributed by atoms with Gasteiger partial charge in [-0.05, 0) is 51.0 Å². The van der Waals surface area contributed by atoms with Gasteiger partial charge in [0.25, 0.3) is 0 Å². The normalized spacial score (nSPS) is 13.6. The number of ketones is 2. The Hall–Kier alpha value is -2.20. The molecule has 2 aromatic heterocycles. The van der Waals surface area contributed by atoms with Gasteiger partial charge in [-0.1, -0.05) is 0 Å². The Kier molecular flexibility index (Phi) is 2.55. The molecule has 3 nitrogen and oxygen atoms in total. The lowest BCUT2D eigenvalue weighted by molar-refractivity contribution is 0.0983. The largest absolute Gasteiger partial charge is 0.464 e. The molecule has 0 atom stereocenters. The number of fused-ring (bicyclic) bond motifs is 4. The fourth-order valence-electron chi connectivity index (χ4n) is 3.17.